The molecule has 2 rings (SSSR count). The van der Waals surface area contributed by atoms with Gasteiger partial charge >= 0.3 is 5.97 Å². The smallest absolute Gasteiger partial charge is 0.306 e. The fourth-order valence-electron chi connectivity index (χ4n) is 3.32. The van der Waals surface area contributed by atoms with Crippen LogP contribution in [0.1, 0.15) is 57.1 Å². The van der Waals surface area contributed by atoms with Crippen LogP contribution in [0.3, 0.4) is 0 Å². The van der Waals surface area contributed by atoms with Crippen LogP contribution in [0.15, 0.2) is 18.2 Å². The van der Waals surface area contributed by atoms with Gasteiger partial charge in [0.1, 0.15) is 11.6 Å². The van der Waals surface area contributed by atoms with Crippen molar-refractivity contribution in [3.63, 3.8) is 0 Å². The van der Waals surface area contributed by atoms with Gasteiger partial charge in [0.15, 0.2) is 0 Å². The van der Waals surface area contributed by atoms with Gasteiger partial charge in [0, 0.05) is 17.5 Å². The Balaban J connectivity index is 2.09. The highest BCUT2D eigenvalue weighted by Gasteiger charge is 2.32. The van der Waals surface area contributed by atoms with Crippen molar-refractivity contribution in [2.24, 2.45) is 11.8 Å². The minimum Gasteiger partial charge on any atom is -0.481 e. The summed E-state index contributed by atoms with van der Waals surface area (Å²) in [7, 11) is 0. The van der Waals surface area contributed by atoms with Gasteiger partial charge in [0.2, 0.25) is 5.91 Å². The second kappa shape index (κ2) is 8.22. The monoisotopic (exact) mass is 339 g/mol. The van der Waals surface area contributed by atoms with Crippen molar-refractivity contribution in [1.82, 2.24) is 5.32 Å². The maximum absolute atomic E-state index is 14.0. The standard InChI is InChI=1S/C18H23F2NO3/c1-2-4-16(14-8-7-13(19)10-15(14)20)21-17(22)11-5-3-6-12(9-11)18(23)24/h7-8,10-12,16H,2-6,9H2,1H3,(H,21,22)(H,23,24). The number of aliphatic carboxylic acids is 1. The van der Waals surface area contributed by atoms with E-state index in [4.69, 9.17) is 5.11 Å². The van der Waals surface area contributed by atoms with E-state index in [1.807, 2.05) is 6.92 Å². The summed E-state index contributed by atoms with van der Waals surface area (Å²) in [5, 5.41) is 12.0. The second-order valence-corrected chi connectivity index (χ2v) is 6.41. The van der Waals surface area contributed by atoms with Gasteiger partial charge in [-0.2, -0.15) is 0 Å². The van der Waals surface area contributed by atoms with Gasteiger partial charge < -0.3 is 10.4 Å². The quantitative estimate of drug-likeness (QED) is 0.828. The van der Waals surface area contributed by atoms with Crippen molar-refractivity contribution in [3.8, 4) is 0 Å². The molecule has 0 spiro atoms. The number of rotatable bonds is 6. The summed E-state index contributed by atoms with van der Waals surface area (Å²) in [6.45, 7) is 1.92. The minimum absolute atomic E-state index is 0.247. The molecule has 1 fully saturated rings. The number of nitrogens with one attached hydrogen (secondary N) is 1. The Kier molecular flexibility index (Phi) is 6.29. The van der Waals surface area contributed by atoms with Gasteiger partial charge in [-0.1, -0.05) is 25.8 Å². The lowest BCUT2D eigenvalue weighted by atomic mass is 9.81. The molecule has 6 heteroatoms. The zero-order valence-electron chi connectivity index (χ0n) is 13.7. The van der Waals surface area contributed by atoms with Gasteiger partial charge in [0.25, 0.3) is 0 Å². The molecule has 132 valence electrons. The molecule has 4 nitrogen and oxygen atoms in total. The fraction of sp³-hybridized carbons (Fsp3) is 0.556. The van der Waals surface area contributed by atoms with E-state index in [2.05, 4.69) is 5.32 Å². The van der Waals surface area contributed by atoms with Gasteiger partial charge in [-0.05, 0) is 31.7 Å². The summed E-state index contributed by atoms with van der Waals surface area (Å²) < 4.78 is 27.1. The summed E-state index contributed by atoms with van der Waals surface area (Å²) in [4.78, 5) is 23.6. The molecule has 3 unspecified atom stereocenters. The average Bonchev–Trinajstić information content (AvgIpc) is 2.54. The van der Waals surface area contributed by atoms with E-state index in [1.165, 1.54) is 12.1 Å². The number of hydrogen-bond donors (Lipinski definition) is 2. The highest BCUT2D eigenvalue weighted by molar-refractivity contribution is 5.80. The number of carboxylic acid groups (broad SMARTS) is 1. The molecule has 1 amide bonds. The molecule has 0 heterocycles. The second-order valence-electron chi connectivity index (χ2n) is 6.41. The van der Waals surface area contributed by atoms with Crippen LogP contribution in [-0.2, 0) is 9.59 Å². The number of carbonyl (C=O) groups excluding carboxylic acids is 1. The highest BCUT2D eigenvalue weighted by Crippen LogP contribution is 2.31. The molecule has 1 aliphatic carbocycles. The van der Waals surface area contributed by atoms with Crippen LogP contribution >= 0.6 is 0 Å². The highest BCUT2D eigenvalue weighted by atomic mass is 19.1. The average molecular weight is 339 g/mol. The number of carbonyl (C=O) groups is 2. The van der Waals surface area contributed by atoms with Gasteiger partial charge in [-0.25, -0.2) is 8.78 Å². The fourth-order valence-corrected chi connectivity index (χ4v) is 3.32. The summed E-state index contributed by atoms with van der Waals surface area (Å²) in [5.41, 5.74) is 0.261. The summed E-state index contributed by atoms with van der Waals surface area (Å²) in [6.07, 6.45) is 3.49. The number of hydrogen-bond acceptors (Lipinski definition) is 2. The molecular formula is C18H23F2NO3. The maximum Gasteiger partial charge on any atom is 0.306 e. The van der Waals surface area contributed by atoms with Crippen LogP contribution in [0, 0.1) is 23.5 Å². The zero-order valence-corrected chi connectivity index (χ0v) is 13.7. The normalized spacial score (nSPS) is 22.0. The third-order valence-electron chi connectivity index (χ3n) is 4.63. The molecule has 2 N–H and O–H groups in total. The van der Waals surface area contributed by atoms with E-state index in [0.29, 0.717) is 32.1 Å². The Morgan fingerprint density at radius 2 is 2.00 bits per heavy atom. The Morgan fingerprint density at radius 1 is 1.29 bits per heavy atom. The summed E-state index contributed by atoms with van der Waals surface area (Å²) >= 11 is 0. The SMILES string of the molecule is CCCC(NC(=O)C1CCCC(C(=O)O)C1)c1ccc(F)cc1F. The van der Waals surface area contributed by atoms with Crippen molar-refractivity contribution < 1.29 is 23.5 Å². The number of amides is 1. The molecule has 0 aliphatic heterocycles. The van der Waals surface area contributed by atoms with E-state index in [0.717, 1.165) is 12.5 Å². The van der Waals surface area contributed by atoms with Crippen molar-refractivity contribution in [3.05, 3.63) is 35.4 Å². The van der Waals surface area contributed by atoms with E-state index < -0.39 is 29.6 Å². The largest absolute Gasteiger partial charge is 0.481 e. The maximum atomic E-state index is 14.0. The van der Waals surface area contributed by atoms with Gasteiger partial charge in [-0.15, -0.1) is 0 Å². The first kappa shape index (κ1) is 18.4. The van der Waals surface area contributed by atoms with Crippen LogP contribution in [0.5, 0.6) is 0 Å². The number of carboxylic acids is 1. The zero-order chi connectivity index (χ0) is 17.7. The van der Waals surface area contributed by atoms with Crippen LogP contribution in [0.25, 0.3) is 0 Å². The molecule has 0 radical (unpaired) electrons. The van der Waals surface area contributed by atoms with Crippen molar-refractivity contribution in [1.29, 1.82) is 0 Å². The molecule has 1 saturated carbocycles. The molecule has 0 aromatic heterocycles. The molecule has 1 aliphatic rings. The lowest BCUT2D eigenvalue weighted by Crippen LogP contribution is -2.37. The summed E-state index contributed by atoms with van der Waals surface area (Å²) in [5.74, 6) is -3.33. The van der Waals surface area contributed by atoms with E-state index in [1.54, 1.807) is 0 Å². The van der Waals surface area contributed by atoms with Crippen LogP contribution in [0.4, 0.5) is 8.78 Å². The molecule has 0 bridgehead atoms. The molecule has 1 aromatic rings. The molecule has 3 atom stereocenters. The first-order valence-corrected chi connectivity index (χ1v) is 8.40. The van der Waals surface area contributed by atoms with Gasteiger partial charge in [-0.3, -0.25) is 9.59 Å². The van der Waals surface area contributed by atoms with Gasteiger partial charge in [0.05, 0.1) is 12.0 Å². The Labute approximate surface area is 140 Å². The Hall–Kier alpha value is -1.98. The lowest BCUT2D eigenvalue weighted by Gasteiger charge is -2.28. The van der Waals surface area contributed by atoms with Crippen LogP contribution in [-0.4, -0.2) is 17.0 Å². The molecule has 0 saturated heterocycles. The number of halogens is 2. The van der Waals surface area contributed by atoms with Crippen LogP contribution < -0.4 is 5.32 Å². The van der Waals surface area contributed by atoms with E-state index >= 15 is 0 Å². The first-order chi connectivity index (χ1) is 11.4. The molecular weight excluding hydrogens is 316 g/mol. The Bertz CT molecular complexity index is 606. The van der Waals surface area contributed by atoms with Crippen molar-refractivity contribution in [2.45, 2.75) is 51.5 Å². The van der Waals surface area contributed by atoms with Crippen LogP contribution in [0.2, 0.25) is 0 Å². The van der Waals surface area contributed by atoms with E-state index in [9.17, 15) is 18.4 Å². The summed E-state index contributed by atoms with van der Waals surface area (Å²) in [6, 6.07) is 2.81. The third-order valence-corrected chi connectivity index (χ3v) is 4.63. The van der Waals surface area contributed by atoms with E-state index in [-0.39, 0.29) is 17.4 Å². The lowest BCUT2D eigenvalue weighted by molar-refractivity contribution is -0.144. The molecule has 1 aromatic carbocycles. The van der Waals surface area contributed by atoms with Crippen molar-refractivity contribution >= 4 is 11.9 Å². The first-order valence-electron chi connectivity index (χ1n) is 8.40. The molecule has 24 heavy (non-hydrogen) atoms. The topological polar surface area (TPSA) is 66.4 Å². The Morgan fingerprint density at radius 3 is 2.62 bits per heavy atom. The van der Waals surface area contributed by atoms with Crippen molar-refractivity contribution in [2.75, 3.05) is 0 Å². The predicted molar refractivity (Wildman–Crippen MR) is 85.2 cm³/mol. The number of benzene rings is 1. The third kappa shape index (κ3) is 4.52. The minimum atomic E-state index is -0.873. The predicted octanol–water partition coefficient (Wildman–Crippen LogP) is 3.81.